The first-order valence-corrected chi connectivity index (χ1v) is 8.10. The molecule has 0 spiro atoms. The van der Waals surface area contributed by atoms with Crippen molar-refractivity contribution in [3.63, 3.8) is 0 Å². The molecule has 0 atom stereocenters. The zero-order valence-electron chi connectivity index (χ0n) is 14.5. The summed E-state index contributed by atoms with van der Waals surface area (Å²) in [6.07, 6.45) is 9.46. The Balaban J connectivity index is -0.0000000298. The first kappa shape index (κ1) is 36.4. The van der Waals surface area contributed by atoms with Crippen LogP contribution in [0.5, 0.6) is 0 Å². The highest BCUT2D eigenvalue weighted by atomic mass is 13.9. The predicted molar refractivity (Wildman–Crippen MR) is 100 cm³/mol. The lowest BCUT2D eigenvalue weighted by Crippen LogP contribution is -1.77. The van der Waals surface area contributed by atoms with Crippen LogP contribution >= 0.6 is 0 Å². The Labute approximate surface area is 128 Å². The normalized spacial score (nSPS) is 7.26. The molecule has 0 nitrogen and oxygen atoms in total. The van der Waals surface area contributed by atoms with Gasteiger partial charge >= 0.3 is 0 Å². The van der Waals surface area contributed by atoms with Crippen molar-refractivity contribution < 1.29 is 0 Å². The molecule has 0 aliphatic heterocycles. The fourth-order valence-corrected chi connectivity index (χ4v) is 0.707. The van der Waals surface area contributed by atoms with Crippen LogP contribution < -0.4 is 0 Å². The maximum absolute atomic E-state index is 2.22. The molecule has 0 bridgehead atoms. The molecule has 0 aromatic rings. The minimum absolute atomic E-state index is 0. The molecule has 0 heteroatoms. The van der Waals surface area contributed by atoms with Gasteiger partial charge in [0.1, 0.15) is 0 Å². The Hall–Kier alpha value is 0. The van der Waals surface area contributed by atoms with E-state index in [4.69, 9.17) is 0 Å². The van der Waals surface area contributed by atoms with Crippen LogP contribution in [0.3, 0.4) is 0 Å². The Kier molecular flexibility index (Phi) is 99.7. The molecule has 0 heterocycles. The predicted octanol–water partition coefficient (Wildman–Crippen LogP) is 8.74. The number of hydrogen-bond acceptors (Lipinski definition) is 0. The third-order valence-electron chi connectivity index (χ3n) is 2.23. The standard InChI is InChI=1S/3C5H12.C2H6.2CH4/c1-4-5(2)3;2*1-3-5-4-2;1-2;;/h5H,4H2,1-3H3;2*3-5H2,1-2H3;1-2H3;2*1H4. The fourth-order valence-electron chi connectivity index (χ4n) is 0.707. The Morgan fingerprint density at radius 2 is 0.737 bits per heavy atom. The number of rotatable bonds is 5. The van der Waals surface area contributed by atoms with E-state index in [9.17, 15) is 0 Å². The SMILES string of the molecule is C.C.CC.CCC(C)C.CCCCC.CCCCC. The Bertz CT molecular complexity index is 54.4. The topological polar surface area (TPSA) is 0 Å². The van der Waals surface area contributed by atoms with Crippen molar-refractivity contribution >= 4 is 0 Å². The van der Waals surface area contributed by atoms with E-state index < -0.39 is 0 Å². The van der Waals surface area contributed by atoms with Crippen LogP contribution in [0.2, 0.25) is 0 Å². The minimum Gasteiger partial charge on any atom is -0.0776 e. The van der Waals surface area contributed by atoms with Gasteiger partial charge in [-0.1, -0.05) is 122 Å². The molecule has 0 aliphatic carbocycles. The van der Waals surface area contributed by atoms with E-state index in [-0.39, 0.29) is 14.9 Å². The quantitative estimate of drug-likeness (QED) is 0.471. The summed E-state index contributed by atoms with van der Waals surface area (Å²) >= 11 is 0. The second-order valence-corrected chi connectivity index (χ2v) is 4.51. The highest BCUT2D eigenvalue weighted by Crippen LogP contribution is 1.93. The highest BCUT2D eigenvalue weighted by Gasteiger charge is 1.80. The maximum Gasteiger partial charge on any atom is -0.0474 e. The van der Waals surface area contributed by atoms with Gasteiger partial charge in [-0.3, -0.25) is 0 Å². The number of unbranched alkanes of at least 4 members (excludes halogenated alkanes) is 4. The largest absolute Gasteiger partial charge is 0.0776 e. The molecule has 0 aliphatic rings. The second-order valence-electron chi connectivity index (χ2n) is 4.51. The highest BCUT2D eigenvalue weighted by molar-refractivity contribution is 4.32. The van der Waals surface area contributed by atoms with Gasteiger partial charge in [-0.15, -0.1) is 0 Å². The van der Waals surface area contributed by atoms with E-state index in [0.717, 1.165) is 5.92 Å². The van der Waals surface area contributed by atoms with Gasteiger partial charge in [-0.05, 0) is 5.92 Å². The van der Waals surface area contributed by atoms with Gasteiger partial charge in [0, 0.05) is 0 Å². The van der Waals surface area contributed by atoms with E-state index in [1.165, 1.54) is 44.9 Å². The van der Waals surface area contributed by atoms with Crippen molar-refractivity contribution in [1.29, 1.82) is 0 Å². The summed E-state index contributed by atoms with van der Waals surface area (Å²) in [7, 11) is 0. The molecular weight excluding hydrogens is 228 g/mol. The maximum atomic E-state index is 2.22. The Morgan fingerprint density at radius 1 is 0.579 bits per heavy atom. The second kappa shape index (κ2) is 52.0. The average Bonchev–Trinajstić information content (AvgIpc) is 2.35. The van der Waals surface area contributed by atoms with E-state index in [2.05, 4.69) is 48.5 Å². The Morgan fingerprint density at radius 3 is 0.737 bits per heavy atom. The summed E-state index contributed by atoms with van der Waals surface area (Å²) in [6.45, 7) is 19.5. The monoisotopic (exact) mass is 278 g/mol. The van der Waals surface area contributed by atoms with Gasteiger partial charge in [0.15, 0.2) is 0 Å². The summed E-state index contributed by atoms with van der Waals surface area (Å²) in [6, 6.07) is 0. The average molecular weight is 279 g/mol. The molecule has 0 amide bonds. The fraction of sp³-hybridized carbons (Fsp3) is 1.00. The number of hydrogen-bond donors (Lipinski definition) is 0. The third-order valence-corrected chi connectivity index (χ3v) is 2.23. The molecule has 0 saturated carbocycles. The van der Waals surface area contributed by atoms with Crippen molar-refractivity contribution in [1.82, 2.24) is 0 Å². The van der Waals surface area contributed by atoms with Crippen LogP contribution in [0, 0.1) is 5.92 Å². The van der Waals surface area contributed by atoms with Gasteiger partial charge in [0.2, 0.25) is 0 Å². The molecule has 0 saturated heterocycles. The minimum atomic E-state index is 0. The van der Waals surface area contributed by atoms with Crippen LogP contribution in [-0.2, 0) is 0 Å². The lowest BCUT2D eigenvalue weighted by molar-refractivity contribution is 0.626. The molecule has 0 N–H and O–H groups in total. The van der Waals surface area contributed by atoms with Crippen molar-refractivity contribution in [3.05, 3.63) is 0 Å². The van der Waals surface area contributed by atoms with Gasteiger partial charge < -0.3 is 0 Å². The molecule has 0 rings (SSSR count). The van der Waals surface area contributed by atoms with E-state index >= 15 is 0 Å². The molecule has 19 heavy (non-hydrogen) atoms. The molecule has 0 unspecified atom stereocenters. The molecule has 0 aromatic heterocycles. The first-order valence-electron chi connectivity index (χ1n) is 8.10. The summed E-state index contributed by atoms with van der Waals surface area (Å²) in [5.41, 5.74) is 0. The first-order chi connectivity index (χ1) is 8.10. The molecule has 0 aromatic carbocycles. The van der Waals surface area contributed by atoms with Gasteiger partial charge in [-0.2, -0.15) is 0 Å². The van der Waals surface area contributed by atoms with Crippen LogP contribution in [0.25, 0.3) is 0 Å². The van der Waals surface area contributed by atoms with Crippen LogP contribution in [0.4, 0.5) is 0 Å². The van der Waals surface area contributed by atoms with Crippen molar-refractivity contribution in [2.75, 3.05) is 0 Å². The van der Waals surface area contributed by atoms with Gasteiger partial charge in [-0.25, -0.2) is 0 Å². The lowest BCUT2D eigenvalue weighted by atomic mass is 10.2. The van der Waals surface area contributed by atoms with Crippen molar-refractivity contribution in [2.24, 2.45) is 5.92 Å². The summed E-state index contributed by atoms with van der Waals surface area (Å²) in [4.78, 5) is 0. The van der Waals surface area contributed by atoms with E-state index in [1.54, 1.807) is 0 Å². The smallest absolute Gasteiger partial charge is 0.0474 e. The van der Waals surface area contributed by atoms with Gasteiger partial charge in [0.05, 0.1) is 0 Å². The molecule has 126 valence electrons. The molecule has 0 radical (unpaired) electrons. The zero-order chi connectivity index (χ0) is 14.5. The zero-order valence-corrected chi connectivity index (χ0v) is 14.5. The van der Waals surface area contributed by atoms with Crippen LogP contribution in [-0.4, -0.2) is 0 Å². The summed E-state index contributed by atoms with van der Waals surface area (Å²) in [5, 5.41) is 0. The molecule has 0 fully saturated rings. The van der Waals surface area contributed by atoms with E-state index in [1.807, 2.05) is 13.8 Å². The lowest BCUT2D eigenvalue weighted by Gasteiger charge is -1.90. The summed E-state index contributed by atoms with van der Waals surface area (Å²) in [5.74, 6) is 0.884. The van der Waals surface area contributed by atoms with E-state index in [0.29, 0.717) is 0 Å². The van der Waals surface area contributed by atoms with Crippen LogP contribution in [0.15, 0.2) is 0 Å². The third kappa shape index (κ3) is 128. The van der Waals surface area contributed by atoms with Crippen molar-refractivity contribution in [3.8, 4) is 0 Å². The summed E-state index contributed by atoms with van der Waals surface area (Å²) < 4.78 is 0. The van der Waals surface area contributed by atoms with Gasteiger partial charge in [0.25, 0.3) is 0 Å². The van der Waals surface area contributed by atoms with Crippen molar-refractivity contribution in [2.45, 2.75) is 122 Å². The molecular formula is C19H50. The van der Waals surface area contributed by atoms with Crippen LogP contribution in [0.1, 0.15) is 122 Å².